The lowest BCUT2D eigenvalue weighted by molar-refractivity contribution is -0.121. The van der Waals surface area contributed by atoms with Crippen molar-refractivity contribution in [3.63, 3.8) is 0 Å². The smallest absolute Gasteiger partial charge is 0.337 e. The number of unbranched alkanes of at least 4 members (excludes halogenated alkanes) is 14. The topological polar surface area (TPSA) is 90.5 Å². The van der Waals surface area contributed by atoms with Gasteiger partial charge in [0.15, 0.2) is 0 Å². The number of phenols is 1. The van der Waals surface area contributed by atoms with E-state index in [1.807, 2.05) is 24.3 Å². The average molecular weight is 510 g/mol. The minimum absolute atomic E-state index is 0.174. The predicted octanol–water partition coefficient (Wildman–Crippen LogP) is 8.47. The van der Waals surface area contributed by atoms with Crippen LogP contribution in [0, 0.1) is 0 Å². The van der Waals surface area contributed by atoms with Gasteiger partial charge in [0, 0.05) is 12.1 Å². The number of carbonyl (C=O) groups excluding carboxylic acids is 2. The van der Waals surface area contributed by atoms with Crippen molar-refractivity contribution in [2.24, 2.45) is 0 Å². The molecule has 0 aromatic heterocycles. The van der Waals surface area contributed by atoms with Gasteiger partial charge in [-0.3, -0.25) is 10.2 Å². The molecule has 0 aliphatic heterocycles. The molecule has 37 heavy (non-hydrogen) atoms. The Morgan fingerprint density at radius 1 is 0.595 bits per heavy atom. The number of hydrogen-bond acceptors (Lipinski definition) is 3. The number of hydrazine groups is 1. The molecule has 0 fully saturated rings. The van der Waals surface area contributed by atoms with Crippen LogP contribution in [0.4, 0.5) is 10.5 Å². The van der Waals surface area contributed by atoms with Crippen LogP contribution < -0.4 is 16.2 Å². The van der Waals surface area contributed by atoms with Crippen molar-refractivity contribution in [3.05, 3.63) is 48.5 Å². The number of amides is 3. The van der Waals surface area contributed by atoms with Crippen LogP contribution in [0.25, 0.3) is 11.1 Å². The summed E-state index contributed by atoms with van der Waals surface area (Å²) in [6, 6.07) is 13.8. The predicted molar refractivity (Wildman–Crippen MR) is 153 cm³/mol. The molecule has 0 spiro atoms. The van der Waals surface area contributed by atoms with E-state index in [9.17, 15) is 14.7 Å². The van der Waals surface area contributed by atoms with Crippen molar-refractivity contribution in [1.29, 1.82) is 0 Å². The molecule has 6 heteroatoms. The number of aromatic hydroxyl groups is 1. The van der Waals surface area contributed by atoms with Crippen LogP contribution in [-0.4, -0.2) is 17.0 Å². The van der Waals surface area contributed by atoms with E-state index in [4.69, 9.17) is 0 Å². The first-order chi connectivity index (χ1) is 18.1. The third-order valence-electron chi connectivity index (χ3n) is 6.67. The van der Waals surface area contributed by atoms with Gasteiger partial charge < -0.3 is 10.4 Å². The Labute approximate surface area is 223 Å². The van der Waals surface area contributed by atoms with Crippen LogP contribution in [0.2, 0.25) is 0 Å². The standard InChI is InChI=1S/C31H47N3O3/c1-2-3-4-5-6-7-8-9-10-11-12-13-14-15-16-17-30(36)33-34-31(37)32-28-22-18-26(19-23-28)27-20-24-29(35)25-21-27/h18-25,35H,2-17H2,1H3,(H,33,36)(H2,32,34,37). The van der Waals surface area contributed by atoms with Crippen molar-refractivity contribution in [1.82, 2.24) is 10.9 Å². The van der Waals surface area contributed by atoms with Crippen molar-refractivity contribution in [2.45, 2.75) is 110 Å². The molecule has 4 N–H and O–H groups in total. The summed E-state index contributed by atoms with van der Waals surface area (Å²) in [6.45, 7) is 2.27. The number of benzene rings is 2. The van der Waals surface area contributed by atoms with E-state index in [-0.39, 0.29) is 11.7 Å². The second kappa shape index (κ2) is 19.1. The van der Waals surface area contributed by atoms with Gasteiger partial charge in [0.05, 0.1) is 0 Å². The molecule has 0 heterocycles. The van der Waals surface area contributed by atoms with E-state index in [2.05, 4.69) is 23.1 Å². The minimum Gasteiger partial charge on any atom is -0.508 e. The fourth-order valence-corrected chi connectivity index (χ4v) is 4.41. The number of phenolic OH excluding ortho intramolecular Hbond substituents is 1. The largest absolute Gasteiger partial charge is 0.508 e. The molecule has 0 radical (unpaired) electrons. The Bertz CT molecular complexity index is 882. The highest BCUT2D eigenvalue weighted by molar-refractivity contribution is 5.91. The van der Waals surface area contributed by atoms with Crippen molar-refractivity contribution >= 4 is 17.6 Å². The molecule has 204 valence electrons. The lowest BCUT2D eigenvalue weighted by Crippen LogP contribution is -2.43. The van der Waals surface area contributed by atoms with Crippen molar-refractivity contribution < 1.29 is 14.7 Å². The number of nitrogens with one attached hydrogen (secondary N) is 3. The van der Waals surface area contributed by atoms with Crippen LogP contribution in [0.3, 0.4) is 0 Å². The quantitative estimate of drug-likeness (QED) is 0.120. The van der Waals surface area contributed by atoms with Gasteiger partial charge in [-0.2, -0.15) is 0 Å². The van der Waals surface area contributed by atoms with Gasteiger partial charge in [-0.1, -0.05) is 121 Å². The maximum Gasteiger partial charge on any atom is 0.337 e. The number of carbonyl (C=O) groups is 2. The summed E-state index contributed by atoms with van der Waals surface area (Å²) in [7, 11) is 0. The van der Waals surface area contributed by atoms with E-state index < -0.39 is 6.03 Å². The molecule has 2 aromatic rings. The van der Waals surface area contributed by atoms with E-state index >= 15 is 0 Å². The van der Waals surface area contributed by atoms with Gasteiger partial charge in [0.1, 0.15) is 5.75 Å². The summed E-state index contributed by atoms with van der Waals surface area (Å²) in [6.07, 6.45) is 19.8. The number of urea groups is 1. The molecule has 0 unspecified atom stereocenters. The van der Waals surface area contributed by atoms with Gasteiger partial charge in [0.25, 0.3) is 0 Å². The zero-order valence-corrected chi connectivity index (χ0v) is 22.7. The van der Waals surface area contributed by atoms with E-state index in [0.717, 1.165) is 24.0 Å². The molecule has 2 aromatic carbocycles. The van der Waals surface area contributed by atoms with Crippen LogP contribution in [0.15, 0.2) is 48.5 Å². The first-order valence-electron chi connectivity index (χ1n) is 14.3. The summed E-state index contributed by atoms with van der Waals surface area (Å²) in [5.74, 6) is 0.0489. The normalized spacial score (nSPS) is 10.7. The van der Waals surface area contributed by atoms with Gasteiger partial charge >= 0.3 is 6.03 Å². The highest BCUT2D eigenvalue weighted by Crippen LogP contribution is 2.23. The molecule has 0 saturated carbocycles. The molecule has 0 bridgehead atoms. The minimum atomic E-state index is -0.484. The number of rotatable bonds is 18. The first-order valence-corrected chi connectivity index (χ1v) is 14.3. The summed E-state index contributed by atoms with van der Waals surface area (Å²) < 4.78 is 0. The Morgan fingerprint density at radius 3 is 1.51 bits per heavy atom. The first kappa shape index (κ1) is 30.2. The number of hydrogen-bond donors (Lipinski definition) is 4. The Hall–Kier alpha value is -3.02. The molecule has 6 nitrogen and oxygen atoms in total. The zero-order chi connectivity index (χ0) is 26.6. The highest BCUT2D eigenvalue weighted by Gasteiger charge is 2.06. The summed E-state index contributed by atoms with van der Waals surface area (Å²) in [5, 5.41) is 12.1. The molecule has 0 saturated heterocycles. The van der Waals surface area contributed by atoms with Gasteiger partial charge in [-0.15, -0.1) is 0 Å². The second-order valence-electron chi connectivity index (χ2n) is 9.95. The molecule has 0 aliphatic carbocycles. The summed E-state index contributed by atoms with van der Waals surface area (Å²) in [4.78, 5) is 24.0. The van der Waals surface area contributed by atoms with Gasteiger partial charge in [0.2, 0.25) is 5.91 Å². The van der Waals surface area contributed by atoms with Crippen molar-refractivity contribution in [2.75, 3.05) is 5.32 Å². The fourth-order valence-electron chi connectivity index (χ4n) is 4.41. The highest BCUT2D eigenvalue weighted by atomic mass is 16.3. The van der Waals surface area contributed by atoms with Crippen LogP contribution in [-0.2, 0) is 4.79 Å². The maximum atomic E-state index is 12.1. The lowest BCUT2D eigenvalue weighted by atomic mass is 10.0. The third kappa shape index (κ3) is 14.3. The van der Waals surface area contributed by atoms with Crippen LogP contribution in [0.1, 0.15) is 110 Å². The van der Waals surface area contributed by atoms with Crippen LogP contribution >= 0.6 is 0 Å². The molecule has 2 rings (SSSR count). The molecule has 0 aliphatic rings. The number of anilines is 1. The molecule has 3 amide bonds. The lowest BCUT2D eigenvalue weighted by Gasteiger charge is -2.10. The third-order valence-corrected chi connectivity index (χ3v) is 6.67. The van der Waals surface area contributed by atoms with E-state index in [1.54, 1.807) is 24.3 Å². The van der Waals surface area contributed by atoms with E-state index in [0.29, 0.717) is 12.1 Å². The Kier molecular flexibility index (Phi) is 15.6. The van der Waals surface area contributed by atoms with Crippen molar-refractivity contribution in [3.8, 4) is 16.9 Å². The van der Waals surface area contributed by atoms with E-state index in [1.165, 1.54) is 83.5 Å². The molecular formula is C31H47N3O3. The summed E-state index contributed by atoms with van der Waals surface area (Å²) >= 11 is 0. The average Bonchev–Trinajstić information content (AvgIpc) is 2.90. The monoisotopic (exact) mass is 509 g/mol. The zero-order valence-electron chi connectivity index (χ0n) is 22.7. The second-order valence-corrected chi connectivity index (χ2v) is 9.95. The van der Waals surface area contributed by atoms with Gasteiger partial charge in [-0.25, -0.2) is 10.2 Å². The Morgan fingerprint density at radius 2 is 1.03 bits per heavy atom. The SMILES string of the molecule is CCCCCCCCCCCCCCCCCC(=O)NNC(=O)Nc1ccc(-c2ccc(O)cc2)cc1. The fraction of sp³-hybridized carbons (Fsp3) is 0.548. The maximum absolute atomic E-state index is 12.1. The Balaban J connectivity index is 1.43. The van der Waals surface area contributed by atoms with Gasteiger partial charge in [-0.05, 0) is 41.8 Å². The molecular weight excluding hydrogens is 462 g/mol. The molecule has 0 atom stereocenters. The van der Waals surface area contributed by atoms with Crippen LogP contribution in [0.5, 0.6) is 5.75 Å². The summed E-state index contributed by atoms with van der Waals surface area (Å²) in [5.41, 5.74) is 7.45.